The molecule has 0 aliphatic carbocycles. The van der Waals surface area contributed by atoms with E-state index in [9.17, 15) is 12.8 Å². The van der Waals surface area contributed by atoms with Crippen molar-refractivity contribution in [3.8, 4) is 17.4 Å². The molecule has 8 nitrogen and oxygen atoms in total. The molecule has 10 heteroatoms. The van der Waals surface area contributed by atoms with Crippen LogP contribution in [0.2, 0.25) is 0 Å². The van der Waals surface area contributed by atoms with Crippen LogP contribution in [0.1, 0.15) is 11.3 Å². The third-order valence-corrected chi connectivity index (χ3v) is 5.88. The highest BCUT2D eigenvalue weighted by Crippen LogP contribution is 2.24. The molecule has 2 heterocycles. The Balaban J connectivity index is 1.44. The number of rotatable bonds is 6. The molecule has 0 aliphatic rings. The van der Waals surface area contributed by atoms with Crippen LogP contribution in [-0.4, -0.2) is 28.4 Å². The van der Waals surface area contributed by atoms with E-state index in [1.807, 2.05) is 13.0 Å². The van der Waals surface area contributed by atoms with Gasteiger partial charge >= 0.3 is 0 Å². The lowest BCUT2D eigenvalue weighted by molar-refractivity contribution is 0.454. The van der Waals surface area contributed by atoms with Crippen molar-refractivity contribution in [2.24, 2.45) is 0 Å². The summed E-state index contributed by atoms with van der Waals surface area (Å²) in [7, 11) is -3.85. The lowest BCUT2D eigenvalue weighted by Gasteiger charge is -2.11. The Morgan fingerprint density at radius 2 is 1.74 bits per heavy atom. The van der Waals surface area contributed by atoms with Crippen LogP contribution in [0.25, 0.3) is 5.82 Å². The molecule has 0 aliphatic heterocycles. The first kappa shape index (κ1) is 20.5. The maximum atomic E-state index is 13.3. The minimum atomic E-state index is -3.85. The van der Waals surface area contributed by atoms with Gasteiger partial charge in [0.25, 0.3) is 10.0 Å². The Labute approximate surface area is 178 Å². The van der Waals surface area contributed by atoms with Gasteiger partial charge in [-0.15, -0.1) is 10.2 Å². The molecular formula is C21H18FN5O3S. The fraction of sp³-hybridized carbons (Fsp3) is 0.0952. The second kappa shape index (κ2) is 8.15. The number of hydrogen-bond acceptors (Lipinski definition) is 6. The van der Waals surface area contributed by atoms with E-state index in [0.717, 1.165) is 11.8 Å². The van der Waals surface area contributed by atoms with Gasteiger partial charge in [0.1, 0.15) is 11.6 Å². The number of benzene rings is 2. The van der Waals surface area contributed by atoms with Gasteiger partial charge in [0.05, 0.1) is 10.6 Å². The molecular weight excluding hydrogens is 421 g/mol. The molecule has 0 atom stereocenters. The van der Waals surface area contributed by atoms with Crippen molar-refractivity contribution in [3.05, 3.63) is 83.9 Å². The van der Waals surface area contributed by atoms with E-state index in [1.165, 1.54) is 19.1 Å². The minimum Gasteiger partial charge on any atom is -0.438 e. The van der Waals surface area contributed by atoms with Crippen LogP contribution < -0.4 is 9.46 Å². The average molecular weight is 439 g/mol. The van der Waals surface area contributed by atoms with Crippen LogP contribution in [0.4, 0.5) is 10.1 Å². The summed E-state index contributed by atoms with van der Waals surface area (Å²) < 4.78 is 48.1. The molecule has 0 fully saturated rings. The van der Waals surface area contributed by atoms with Gasteiger partial charge in [0, 0.05) is 18.0 Å². The van der Waals surface area contributed by atoms with Crippen molar-refractivity contribution in [2.45, 2.75) is 18.7 Å². The molecule has 0 bridgehead atoms. The van der Waals surface area contributed by atoms with Crippen molar-refractivity contribution in [3.63, 3.8) is 0 Å². The molecule has 4 rings (SSSR count). The summed E-state index contributed by atoms with van der Waals surface area (Å²) in [6.07, 6.45) is 1.78. The van der Waals surface area contributed by atoms with Crippen molar-refractivity contribution in [2.75, 3.05) is 4.72 Å². The second-order valence-corrected chi connectivity index (χ2v) is 8.42. The Bertz CT molecular complexity index is 1320. The number of aromatic nitrogens is 4. The number of sulfonamides is 1. The molecule has 2 aromatic heterocycles. The molecule has 0 saturated carbocycles. The molecule has 0 saturated heterocycles. The molecule has 0 radical (unpaired) electrons. The first-order valence-electron chi connectivity index (χ1n) is 9.23. The van der Waals surface area contributed by atoms with Gasteiger partial charge in [-0.2, -0.15) is 5.10 Å². The average Bonchev–Trinajstić information content (AvgIpc) is 3.16. The second-order valence-electron chi connectivity index (χ2n) is 6.77. The monoisotopic (exact) mass is 439 g/mol. The number of nitrogens with zero attached hydrogens (tertiary/aromatic N) is 4. The summed E-state index contributed by atoms with van der Waals surface area (Å²) >= 11 is 0. The fourth-order valence-corrected chi connectivity index (χ4v) is 4.15. The SMILES string of the molecule is Cc1ccn(-c2ccc(Oc3ccc(NS(=O)(=O)c4ccc(F)cc4C)cc3)nn2)n1. The molecule has 2 aromatic carbocycles. The standard InChI is InChI=1S/C21H18FN5O3S/c1-14-13-16(22)3-8-19(14)31(28,29)26-17-4-6-18(7-5-17)30-21-10-9-20(23-24-21)27-12-11-15(2)25-27/h3-13,26H,1-2H3. The van der Waals surface area contributed by atoms with Gasteiger partial charge in [-0.3, -0.25) is 4.72 Å². The zero-order valence-corrected chi connectivity index (χ0v) is 17.5. The van der Waals surface area contributed by atoms with Crippen LogP contribution in [0.3, 0.4) is 0 Å². The highest BCUT2D eigenvalue weighted by atomic mass is 32.2. The Morgan fingerprint density at radius 3 is 2.35 bits per heavy atom. The van der Waals surface area contributed by atoms with Crippen LogP contribution in [0.5, 0.6) is 11.6 Å². The van der Waals surface area contributed by atoms with Crippen molar-refractivity contribution in [1.29, 1.82) is 0 Å². The van der Waals surface area contributed by atoms with Crippen molar-refractivity contribution >= 4 is 15.7 Å². The smallest absolute Gasteiger partial charge is 0.262 e. The lowest BCUT2D eigenvalue weighted by atomic mass is 10.2. The summed E-state index contributed by atoms with van der Waals surface area (Å²) in [5, 5.41) is 12.4. The topological polar surface area (TPSA) is 99.0 Å². The van der Waals surface area contributed by atoms with E-state index >= 15 is 0 Å². The van der Waals surface area contributed by atoms with Crippen LogP contribution in [0.15, 0.2) is 71.8 Å². The molecule has 158 valence electrons. The van der Waals surface area contributed by atoms with Crippen molar-refractivity contribution in [1.82, 2.24) is 20.0 Å². The third kappa shape index (κ3) is 4.69. The summed E-state index contributed by atoms with van der Waals surface area (Å²) in [6.45, 7) is 3.42. The molecule has 4 aromatic rings. The maximum absolute atomic E-state index is 13.3. The van der Waals surface area contributed by atoms with Gasteiger partial charge < -0.3 is 4.74 Å². The zero-order valence-electron chi connectivity index (χ0n) is 16.7. The van der Waals surface area contributed by atoms with Gasteiger partial charge in [-0.05, 0) is 74.0 Å². The van der Waals surface area contributed by atoms with Gasteiger partial charge in [0.15, 0.2) is 5.82 Å². The van der Waals surface area contributed by atoms with Gasteiger partial charge in [-0.1, -0.05) is 0 Å². The molecule has 0 spiro atoms. The third-order valence-electron chi connectivity index (χ3n) is 4.34. The predicted octanol–water partition coefficient (Wildman–Crippen LogP) is 4.01. The summed E-state index contributed by atoms with van der Waals surface area (Å²) in [6, 6.07) is 15.1. The quantitative estimate of drug-likeness (QED) is 0.487. The number of nitrogens with one attached hydrogen (secondary N) is 1. The zero-order chi connectivity index (χ0) is 22.0. The Hall–Kier alpha value is -3.79. The van der Waals surface area contributed by atoms with Crippen LogP contribution in [0, 0.1) is 19.7 Å². The number of anilines is 1. The van der Waals surface area contributed by atoms with E-state index in [-0.39, 0.29) is 10.8 Å². The van der Waals surface area contributed by atoms with E-state index in [4.69, 9.17) is 4.74 Å². The number of aryl methyl sites for hydroxylation is 2. The van der Waals surface area contributed by atoms with E-state index in [0.29, 0.717) is 22.8 Å². The number of ether oxygens (including phenoxy) is 1. The molecule has 1 N–H and O–H groups in total. The summed E-state index contributed by atoms with van der Waals surface area (Å²) in [5.41, 5.74) is 1.53. The predicted molar refractivity (Wildman–Crippen MR) is 112 cm³/mol. The van der Waals surface area contributed by atoms with Crippen LogP contribution >= 0.6 is 0 Å². The van der Waals surface area contributed by atoms with Gasteiger partial charge in [0.2, 0.25) is 5.88 Å². The Morgan fingerprint density at radius 1 is 0.968 bits per heavy atom. The number of halogens is 1. The number of hydrogen-bond donors (Lipinski definition) is 1. The van der Waals surface area contributed by atoms with Gasteiger partial charge in [-0.25, -0.2) is 17.5 Å². The summed E-state index contributed by atoms with van der Waals surface area (Å²) in [5.74, 6) is 0.802. The summed E-state index contributed by atoms with van der Waals surface area (Å²) in [4.78, 5) is 0.0111. The van der Waals surface area contributed by atoms with E-state index < -0.39 is 15.8 Å². The molecule has 31 heavy (non-hydrogen) atoms. The normalized spacial score (nSPS) is 11.3. The van der Waals surface area contributed by atoms with E-state index in [2.05, 4.69) is 20.0 Å². The molecule has 0 unspecified atom stereocenters. The van der Waals surface area contributed by atoms with Crippen LogP contribution in [-0.2, 0) is 10.0 Å². The van der Waals surface area contributed by atoms with E-state index in [1.54, 1.807) is 47.3 Å². The largest absolute Gasteiger partial charge is 0.438 e. The maximum Gasteiger partial charge on any atom is 0.262 e. The Kier molecular flexibility index (Phi) is 5.38. The minimum absolute atomic E-state index is 0.0111. The fourth-order valence-electron chi connectivity index (χ4n) is 2.87. The lowest BCUT2D eigenvalue weighted by Crippen LogP contribution is -2.14. The first-order valence-corrected chi connectivity index (χ1v) is 10.7. The highest BCUT2D eigenvalue weighted by Gasteiger charge is 2.17. The molecule has 0 amide bonds. The van der Waals surface area contributed by atoms with Crippen molar-refractivity contribution < 1.29 is 17.5 Å². The highest BCUT2D eigenvalue weighted by molar-refractivity contribution is 7.92. The first-order chi connectivity index (χ1) is 14.8.